The van der Waals surface area contributed by atoms with E-state index in [4.69, 9.17) is 0 Å². The Bertz CT molecular complexity index is 427. The number of carbonyl (C=O) groups excluding carboxylic acids is 1. The second-order valence-corrected chi connectivity index (χ2v) is 5.24. The number of methoxy groups -OCH3 is 1. The van der Waals surface area contributed by atoms with Crippen LogP contribution in [0.4, 0.5) is 5.82 Å². The summed E-state index contributed by atoms with van der Waals surface area (Å²) >= 11 is 0. The van der Waals surface area contributed by atoms with Crippen LogP contribution in [-0.2, 0) is 4.74 Å². The summed E-state index contributed by atoms with van der Waals surface area (Å²) in [4.78, 5) is 21.8. The lowest BCUT2D eigenvalue weighted by atomic mass is 9.94. The van der Waals surface area contributed by atoms with Crippen molar-refractivity contribution in [2.45, 2.75) is 19.3 Å². The summed E-state index contributed by atoms with van der Waals surface area (Å²) < 4.78 is 4.58. The average molecular weight is 278 g/mol. The molecule has 1 saturated heterocycles. The monoisotopic (exact) mass is 278 g/mol. The first-order chi connectivity index (χ1) is 9.69. The lowest BCUT2D eigenvalue weighted by Gasteiger charge is -2.28. The zero-order valence-electron chi connectivity index (χ0n) is 12.1. The van der Waals surface area contributed by atoms with Gasteiger partial charge >= 0.3 is 5.97 Å². The number of nitrogens with one attached hydrogen (secondary N) is 1. The minimum atomic E-state index is -0.463. The van der Waals surface area contributed by atoms with Crippen molar-refractivity contribution in [1.29, 1.82) is 0 Å². The van der Waals surface area contributed by atoms with E-state index in [1.54, 1.807) is 6.20 Å². The highest BCUT2D eigenvalue weighted by molar-refractivity contribution is 5.86. The van der Waals surface area contributed by atoms with Gasteiger partial charge in [0.2, 0.25) is 0 Å². The van der Waals surface area contributed by atoms with Crippen molar-refractivity contribution in [3.05, 3.63) is 18.1 Å². The maximum atomic E-state index is 11.2. The molecule has 0 bridgehead atoms. The molecule has 0 spiro atoms. The molecule has 2 heterocycles. The van der Waals surface area contributed by atoms with E-state index < -0.39 is 5.97 Å². The van der Waals surface area contributed by atoms with Gasteiger partial charge in [0.1, 0.15) is 5.82 Å². The molecular formula is C14H22N4O2. The van der Waals surface area contributed by atoms with Gasteiger partial charge in [0.05, 0.1) is 19.5 Å². The molecule has 2 rings (SSSR count). The lowest BCUT2D eigenvalue weighted by Crippen LogP contribution is -2.30. The number of anilines is 1. The van der Waals surface area contributed by atoms with Gasteiger partial charge in [-0.1, -0.05) is 0 Å². The molecule has 1 aromatic heterocycles. The van der Waals surface area contributed by atoms with E-state index in [1.165, 1.54) is 39.2 Å². The molecule has 20 heavy (non-hydrogen) atoms. The first-order valence-electron chi connectivity index (χ1n) is 7.02. The van der Waals surface area contributed by atoms with Gasteiger partial charge in [0.15, 0.2) is 5.69 Å². The van der Waals surface area contributed by atoms with Crippen LogP contribution in [-0.4, -0.2) is 54.6 Å². The zero-order valence-corrected chi connectivity index (χ0v) is 12.1. The first kappa shape index (κ1) is 14.7. The topological polar surface area (TPSA) is 67.3 Å². The second kappa shape index (κ2) is 7.19. The van der Waals surface area contributed by atoms with Crippen LogP contribution in [0.25, 0.3) is 0 Å². The summed E-state index contributed by atoms with van der Waals surface area (Å²) in [7, 11) is 3.50. The van der Waals surface area contributed by atoms with Crippen molar-refractivity contribution in [2.24, 2.45) is 5.92 Å². The number of esters is 1. The fourth-order valence-corrected chi connectivity index (χ4v) is 2.38. The van der Waals surface area contributed by atoms with Crippen LogP contribution >= 0.6 is 0 Å². The van der Waals surface area contributed by atoms with E-state index in [0.29, 0.717) is 5.82 Å². The number of piperidine rings is 1. The minimum Gasteiger partial charge on any atom is -0.464 e. The molecule has 1 aliphatic rings. The number of hydrogen-bond donors (Lipinski definition) is 1. The average Bonchev–Trinajstić information content (AvgIpc) is 2.49. The predicted molar refractivity (Wildman–Crippen MR) is 76.7 cm³/mol. The molecule has 110 valence electrons. The van der Waals surface area contributed by atoms with E-state index in [-0.39, 0.29) is 5.69 Å². The third-order valence-electron chi connectivity index (χ3n) is 3.74. The number of rotatable bonds is 5. The molecule has 0 amide bonds. The Morgan fingerprint density at radius 3 is 2.75 bits per heavy atom. The van der Waals surface area contributed by atoms with E-state index >= 15 is 0 Å². The number of aromatic nitrogens is 2. The van der Waals surface area contributed by atoms with Gasteiger partial charge in [-0.05, 0) is 45.3 Å². The van der Waals surface area contributed by atoms with Crippen LogP contribution in [0.5, 0.6) is 0 Å². The largest absolute Gasteiger partial charge is 0.464 e. The maximum absolute atomic E-state index is 11.2. The van der Waals surface area contributed by atoms with E-state index in [1.807, 2.05) is 0 Å². The summed E-state index contributed by atoms with van der Waals surface area (Å²) in [6.45, 7) is 3.28. The van der Waals surface area contributed by atoms with Crippen molar-refractivity contribution in [1.82, 2.24) is 14.9 Å². The van der Waals surface area contributed by atoms with Gasteiger partial charge in [0.25, 0.3) is 0 Å². The Kier molecular flexibility index (Phi) is 5.29. The van der Waals surface area contributed by atoms with Gasteiger partial charge in [-0.15, -0.1) is 0 Å². The van der Waals surface area contributed by atoms with Gasteiger partial charge in [-0.3, -0.25) is 0 Å². The molecule has 1 N–H and O–H groups in total. The third-order valence-corrected chi connectivity index (χ3v) is 3.74. The summed E-state index contributed by atoms with van der Waals surface area (Å²) in [5.74, 6) is 1.03. The number of ether oxygens (including phenoxy) is 1. The molecular weight excluding hydrogens is 256 g/mol. The van der Waals surface area contributed by atoms with Crippen LogP contribution in [0.3, 0.4) is 0 Å². The van der Waals surface area contributed by atoms with Crippen molar-refractivity contribution in [3.63, 3.8) is 0 Å². The Morgan fingerprint density at radius 1 is 1.40 bits per heavy atom. The molecule has 6 nitrogen and oxygen atoms in total. The van der Waals surface area contributed by atoms with Crippen molar-refractivity contribution < 1.29 is 9.53 Å². The predicted octanol–water partition coefficient (Wildman–Crippen LogP) is 1.41. The zero-order chi connectivity index (χ0) is 14.4. The number of hydrogen-bond acceptors (Lipinski definition) is 6. The summed E-state index contributed by atoms with van der Waals surface area (Å²) in [5, 5.41) is 3.25. The summed E-state index contributed by atoms with van der Waals surface area (Å²) in [6.07, 6.45) is 6.69. The summed E-state index contributed by atoms with van der Waals surface area (Å²) in [5.41, 5.74) is 0.230. The first-order valence-corrected chi connectivity index (χ1v) is 7.02. The van der Waals surface area contributed by atoms with Gasteiger partial charge < -0.3 is 15.0 Å². The second-order valence-electron chi connectivity index (χ2n) is 5.24. The van der Waals surface area contributed by atoms with Crippen molar-refractivity contribution in [3.8, 4) is 0 Å². The fraction of sp³-hybridized carbons (Fsp3) is 0.643. The van der Waals surface area contributed by atoms with Crippen molar-refractivity contribution in [2.75, 3.05) is 39.1 Å². The minimum absolute atomic E-state index is 0.230. The maximum Gasteiger partial charge on any atom is 0.358 e. The van der Waals surface area contributed by atoms with Crippen LogP contribution in [0, 0.1) is 5.92 Å². The summed E-state index contributed by atoms with van der Waals surface area (Å²) in [6, 6.07) is 0. The van der Waals surface area contributed by atoms with Gasteiger partial charge in [-0.2, -0.15) is 0 Å². The number of likely N-dealkylation sites (tertiary alicyclic amines) is 1. The van der Waals surface area contributed by atoms with E-state index in [2.05, 4.69) is 32.0 Å². The quantitative estimate of drug-likeness (QED) is 0.821. The Morgan fingerprint density at radius 2 is 2.15 bits per heavy atom. The van der Waals surface area contributed by atoms with Gasteiger partial charge in [-0.25, -0.2) is 14.8 Å². The molecule has 0 saturated carbocycles. The highest BCUT2D eigenvalue weighted by atomic mass is 16.5. The highest BCUT2D eigenvalue weighted by Gasteiger charge is 2.16. The fourth-order valence-electron chi connectivity index (χ4n) is 2.38. The molecule has 1 aromatic rings. The van der Waals surface area contributed by atoms with Crippen LogP contribution in [0.2, 0.25) is 0 Å². The molecule has 0 radical (unpaired) electrons. The van der Waals surface area contributed by atoms with Gasteiger partial charge in [0, 0.05) is 6.54 Å². The van der Waals surface area contributed by atoms with Crippen molar-refractivity contribution >= 4 is 11.8 Å². The highest BCUT2D eigenvalue weighted by Crippen LogP contribution is 2.19. The lowest BCUT2D eigenvalue weighted by molar-refractivity contribution is 0.0593. The molecule has 0 atom stereocenters. The molecule has 1 fully saturated rings. The number of nitrogens with zero attached hydrogens (tertiary/aromatic N) is 3. The molecule has 6 heteroatoms. The molecule has 1 aliphatic heterocycles. The third kappa shape index (κ3) is 4.16. The standard InChI is InChI=1S/C14H22N4O2/c1-18-7-4-11(5-8-18)3-6-15-13-10-16-12(9-17-13)14(19)20-2/h9-11H,3-8H2,1-2H3,(H,15,17). The van der Waals surface area contributed by atoms with Crippen LogP contribution in [0.1, 0.15) is 29.8 Å². The normalized spacial score (nSPS) is 16.9. The molecule has 0 unspecified atom stereocenters. The smallest absolute Gasteiger partial charge is 0.358 e. The van der Waals surface area contributed by atoms with E-state index in [0.717, 1.165) is 18.9 Å². The van der Waals surface area contributed by atoms with Crippen LogP contribution in [0.15, 0.2) is 12.4 Å². The van der Waals surface area contributed by atoms with Crippen LogP contribution < -0.4 is 5.32 Å². The SMILES string of the molecule is COC(=O)c1cnc(NCCC2CCN(C)CC2)cn1. The Balaban J connectivity index is 1.73. The Hall–Kier alpha value is -1.69. The van der Waals surface area contributed by atoms with E-state index in [9.17, 15) is 4.79 Å². The molecule has 0 aromatic carbocycles. The Labute approximate surface area is 119 Å². The molecule has 0 aliphatic carbocycles. The number of carbonyl (C=O) groups is 1.